The van der Waals surface area contributed by atoms with Gasteiger partial charge in [0.05, 0.1) is 17.6 Å². The molecule has 4 N–H and O–H groups in total. The second kappa shape index (κ2) is 6.35. The lowest BCUT2D eigenvalue weighted by molar-refractivity contribution is 0.632. The predicted molar refractivity (Wildman–Crippen MR) is 91.3 cm³/mol. The van der Waals surface area contributed by atoms with Gasteiger partial charge in [0, 0.05) is 5.69 Å². The van der Waals surface area contributed by atoms with Gasteiger partial charge in [-0.2, -0.15) is 9.36 Å². The van der Waals surface area contributed by atoms with Crippen LogP contribution >= 0.6 is 23.1 Å². The summed E-state index contributed by atoms with van der Waals surface area (Å²) >= 11 is 7.36. The maximum Gasteiger partial charge on any atom is 0.229 e. The molecule has 0 saturated heterocycles. The summed E-state index contributed by atoms with van der Waals surface area (Å²) in [6, 6.07) is 6.08. The van der Waals surface area contributed by atoms with Crippen LogP contribution in [0.3, 0.4) is 0 Å². The minimum Gasteiger partial charge on any atom is -0.399 e. The fourth-order valence-corrected chi connectivity index (χ4v) is 2.61. The Labute approximate surface area is 140 Å². The summed E-state index contributed by atoms with van der Waals surface area (Å²) in [5.74, 6) is 0.140. The first kappa shape index (κ1) is 15.4. The number of nitrogens with zero attached hydrogens (tertiary/aromatic N) is 3. The Morgan fingerprint density at radius 1 is 1.26 bits per heavy atom. The van der Waals surface area contributed by atoms with E-state index in [2.05, 4.69) is 25.0 Å². The maximum absolute atomic E-state index is 13.8. The number of hydrogen-bond donors (Lipinski definition) is 3. The van der Waals surface area contributed by atoms with E-state index >= 15 is 0 Å². The molecule has 2 heterocycles. The number of anilines is 5. The first-order chi connectivity index (χ1) is 11.0. The topological polar surface area (TPSA) is 88.8 Å². The Hall–Kier alpha value is -2.45. The van der Waals surface area contributed by atoms with E-state index < -0.39 is 5.82 Å². The van der Waals surface area contributed by atoms with Crippen molar-refractivity contribution in [2.75, 3.05) is 16.4 Å². The lowest BCUT2D eigenvalue weighted by Gasteiger charge is -2.10. The van der Waals surface area contributed by atoms with E-state index in [0.717, 1.165) is 10.7 Å². The molecule has 0 aliphatic carbocycles. The van der Waals surface area contributed by atoms with Crippen LogP contribution in [0.4, 0.5) is 32.5 Å². The van der Waals surface area contributed by atoms with Crippen LogP contribution in [0.25, 0.3) is 0 Å². The summed E-state index contributed by atoms with van der Waals surface area (Å²) < 4.78 is 18.0. The molecule has 0 fully saturated rings. The zero-order valence-corrected chi connectivity index (χ0v) is 13.5. The number of hydrogen-bond acceptors (Lipinski definition) is 7. The van der Waals surface area contributed by atoms with E-state index in [1.165, 1.54) is 35.9 Å². The molecule has 0 aliphatic rings. The first-order valence-corrected chi connectivity index (χ1v) is 7.71. The van der Waals surface area contributed by atoms with Gasteiger partial charge in [-0.1, -0.05) is 11.6 Å². The molecular weight excluding hydrogens is 339 g/mol. The lowest BCUT2D eigenvalue weighted by Crippen LogP contribution is -2.02. The van der Waals surface area contributed by atoms with Crippen molar-refractivity contribution >= 4 is 51.3 Å². The number of nitrogens with one attached hydrogen (secondary N) is 2. The molecule has 2 aromatic heterocycles. The van der Waals surface area contributed by atoms with Crippen LogP contribution in [0.1, 0.15) is 5.69 Å². The monoisotopic (exact) mass is 350 g/mol. The van der Waals surface area contributed by atoms with Gasteiger partial charge in [0.15, 0.2) is 5.82 Å². The Morgan fingerprint density at radius 3 is 2.83 bits per heavy atom. The van der Waals surface area contributed by atoms with Gasteiger partial charge in [-0.05, 0) is 42.7 Å². The van der Waals surface area contributed by atoms with E-state index in [0.29, 0.717) is 11.6 Å². The van der Waals surface area contributed by atoms with Crippen LogP contribution < -0.4 is 16.4 Å². The molecule has 0 atom stereocenters. The highest BCUT2D eigenvalue weighted by atomic mass is 35.5. The smallest absolute Gasteiger partial charge is 0.229 e. The van der Waals surface area contributed by atoms with Gasteiger partial charge in [-0.25, -0.2) is 9.37 Å². The molecule has 0 radical (unpaired) electrons. The molecule has 9 heteroatoms. The molecule has 0 aliphatic heterocycles. The van der Waals surface area contributed by atoms with Crippen molar-refractivity contribution in [2.45, 2.75) is 6.92 Å². The number of rotatable bonds is 4. The second-order valence-corrected chi connectivity index (χ2v) is 5.92. The zero-order chi connectivity index (χ0) is 16.4. The Bertz CT molecular complexity index is 853. The number of benzene rings is 1. The molecule has 0 amide bonds. The Balaban J connectivity index is 1.87. The normalized spacial score (nSPS) is 10.6. The summed E-state index contributed by atoms with van der Waals surface area (Å²) in [6.07, 6.45) is 1.43. The van der Waals surface area contributed by atoms with Gasteiger partial charge in [-0.3, -0.25) is 0 Å². The van der Waals surface area contributed by atoms with Crippen LogP contribution in [0.15, 0.2) is 30.5 Å². The van der Waals surface area contributed by atoms with Crippen LogP contribution in [-0.2, 0) is 0 Å². The average molecular weight is 351 g/mol. The van der Waals surface area contributed by atoms with Crippen molar-refractivity contribution in [1.29, 1.82) is 0 Å². The molecule has 0 saturated carbocycles. The average Bonchev–Trinajstić information content (AvgIpc) is 2.91. The highest BCUT2D eigenvalue weighted by molar-refractivity contribution is 7.10. The standard InChI is InChI=1S/C14H12ClFN6S/c1-7-4-12(23-22-7)20-14-18-6-9(15)13(21-14)19-11-5-8(17)2-3-10(11)16/h2-6H,17H2,1H3,(H2,18,19,20,21). The highest BCUT2D eigenvalue weighted by Crippen LogP contribution is 2.28. The summed E-state index contributed by atoms with van der Waals surface area (Å²) in [7, 11) is 0. The number of nitrogen functional groups attached to an aromatic ring is 1. The molecule has 3 rings (SSSR count). The number of aryl methyl sites for hydroxylation is 1. The quantitative estimate of drug-likeness (QED) is 0.614. The maximum atomic E-state index is 13.8. The second-order valence-electron chi connectivity index (χ2n) is 4.71. The van der Waals surface area contributed by atoms with Gasteiger partial charge < -0.3 is 16.4 Å². The fourth-order valence-electron chi connectivity index (χ4n) is 1.81. The molecule has 0 bridgehead atoms. The third-order valence-electron chi connectivity index (χ3n) is 2.85. The van der Waals surface area contributed by atoms with Crippen LogP contribution in [-0.4, -0.2) is 14.3 Å². The van der Waals surface area contributed by atoms with Crippen molar-refractivity contribution in [2.24, 2.45) is 0 Å². The summed E-state index contributed by atoms with van der Waals surface area (Å²) in [6.45, 7) is 1.89. The van der Waals surface area contributed by atoms with Gasteiger partial charge in [0.1, 0.15) is 15.8 Å². The predicted octanol–water partition coefficient (Wildman–Crippen LogP) is 4.10. The molecule has 0 unspecified atom stereocenters. The van der Waals surface area contributed by atoms with E-state index in [1.54, 1.807) is 0 Å². The van der Waals surface area contributed by atoms with E-state index in [1.807, 2.05) is 13.0 Å². The van der Waals surface area contributed by atoms with Gasteiger partial charge in [0.2, 0.25) is 5.95 Å². The zero-order valence-electron chi connectivity index (χ0n) is 12.0. The number of halogens is 2. The molecule has 1 aromatic carbocycles. The van der Waals surface area contributed by atoms with Crippen LogP contribution in [0.2, 0.25) is 5.02 Å². The molecule has 0 spiro atoms. The van der Waals surface area contributed by atoms with E-state index in [4.69, 9.17) is 17.3 Å². The van der Waals surface area contributed by atoms with Gasteiger partial charge in [0.25, 0.3) is 0 Å². The summed E-state index contributed by atoms with van der Waals surface area (Å²) in [5.41, 5.74) is 7.17. The van der Waals surface area contributed by atoms with Crippen LogP contribution in [0, 0.1) is 12.7 Å². The van der Waals surface area contributed by atoms with Crippen molar-refractivity contribution in [1.82, 2.24) is 14.3 Å². The Morgan fingerprint density at radius 2 is 2.09 bits per heavy atom. The summed E-state index contributed by atoms with van der Waals surface area (Å²) in [4.78, 5) is 8.34. The molecule has 3 aromatic rings. The SMILES string of the molecule is Cc1cc(Nc2ncc(Cl)c(Nc3cc(N)ccc3F)n2)sn1. The van der Waals surface area contributed by atoms with Crippen molar-refractivity contribution < 1.29 is 4.39 Å². The Kier molecular flexibility index (Phi) is 4.26. The fraction of sp³-hybridized carbons (Fsp3) is 0.0714. The number of nitrogens with two attached hydrogens (primary N) is 1. The van der Waals surface area contributed by atoms with Crippen LogP contribution in [0.5, 0.6) is 0 Å². The van der Waals surface area contributed by atoms with Gasteiger partial charge >= 0.3 is 0 Å². The van der Waals surface area contributed by atoms with E-state index in [9.17, 15) is 4.39 Å². The van der Waals surface area contributed by atoms with Crippen molar-refractivity contribution in [3.05, 3.63) is 47.0 Å². The molecule has 118 valence electrons. The largest absolute Gasteiger partial charge is 0.399 e. The molecule has 6 nitrogen and oxygen atoms in total. The highest BCUT2D eigenvalue weighted by Gasteiger charge is 2.10. The third kappa shape index (κ3) is 3.66. The molecular formula is C14H12ClFN6S. The minimum atomic E-state index is -0.457. The number of aromatic nitrogens is 3. The first-order valence-electron chi connectivity index (χ1n) is 6.56. The van der Waals surface area contributed by atoms with Crippen molar-refractivity contribution in [3.63, 3.8) is 0 Å². The van der Waals surface area contributed by atoms with Crippen molar-refractivity contribution in [3.8, 4) is 0 Å². The molecule has 23 heavy (non-hydrogen) atoms. The third-order valence-corrected chi connectivity index (χ3v) is 3.92. The van der Waals surface area contributed by atoms with Gasteiger partial charge in [-0.15, -0.1) is 0 Å². The van der Waals surface area contributed by atoms with E-state index in [-0.39, 0.29) is 16.5 Å². The lowest BCUT2D eigenvalue weighted by atomic mass is 10.2. The summed E-state index contributed by atoms with van der Waals surface area (Å²) in [5, 5.41) is 6.90. The minimum absolute atomic E-state index is 0.185.